The van der Waals surface area contributed by atoms with Crippen LogP contribution in [0.15, 0.2) is 24.4 Å². The highest BCUT2D eigenvalue weighted by atomic mass is 35.5. The number of anilines is 3. The van der Waals surface area contributed by atoms with Crippen LogP contribution in [-0.2, 0) is 17.4 Å². The fourth-order valence-corrected chi connectivity index (χ4v) is 2.32. The first-order valence-electron chi connectivity index (χ1n) is 6.13. The Kier molecular flexibility index (Phi) is 3.40. The number of carbonyl (C=O) groups excluding carboxylic acids is 1. The van der Waals surface area contributed by atoms with E-state index in [4.69, 9.17) is 11.6 Å². The van der Waals surface area contributed by atoms with E-state index in [2.05, 4.69) is 20.6 Å². The van der Waals surface area contributed by atoms with Crippen molar-refractivity contribution in [2.75, 3.05) is 10.6 Å². The molecule has 1 aromatic heterocycles. The second-order valence-corrected chi connectivity index (χ2v) is 4.94. The summed E-state index contributed by atoms with van der Waals surface area (Å²) in [5.41, 5.74) is 0.727. The topological polar surface area (TPSA) is 66.9 Å². The lowest BCUT2D eigenvalue weighted by Gasteiger charge is -2.12. The van der Waals surface area contributed by atoms with Gasteiger partial charge in [-0.2, -0.15) is 13.2 Å². The molecule has 0 saturated heterocycles. The summed E-state index contributed by atoms with van der Waals surface area (Å²) in [7, 11) is 0. The van der Waals surface area contributed by atoms with Crippen molar-refractivity contribution < 1.29 is 18.0 Å². The van der Waals surface area contributed by atoms with E-state index in [-0.39, 0.29) is 18.3 Å². The maximum Gasteiger partial charge on any atom is 0.420 e. The van der Waals surface area contributed by atoms with Crippen LogP contribution >= 0.6 is 11.6 Å². The predicted octanol–water partition coefficient (Wildman–Crippen LogP) is 3.39. The van der Waals surface area contributed by atoms with Crippen molar-refractivity contribution in [3.8, 4) is 0 Å². The highest BCUT2D eigenvalue weighted by molar-refractivity contribution is 6.30. The molecule has 0 aliphatic carbocycles. The van der Waals surface area contributed by atoms with E-state index in [1.165, 1.54) is 0 Å². The fourth-order valence-electron chi connectivity index (χ4n) is 2.09. The lowest BCUT2D eigenvalue weighted by molar-refractivity contribution is -0.138. The average Bonchev–Trinajstić information content (AvgIpc) is 2.79. The van der Waals surface area contributed by atoms with Crippen LogP contribution in [0.4, 0.5) is 30.5 Å². The Bertz CT molecular complexity index is 763. The van der Waals surface area contributed by atoms with Gasteiger partial charge < -0.3 is 10.6 Å². The maximum atomic E-state index is 12.6. The van der Waals surface area contributed by atoms with Crippen LogP contribution < -0.4 is 10.6 Å². The van der Waals surface area contributed by atoms with Gasteiger partial charge in [0.15, 0.2) is 0 Å². The van der Waals surface area contributed by atoms with Crippen LogP contribution in [0, 0.1) is 0 Å². The van der Waals surface area contributed by atoms with E-state index < -0.39 is 16.9 Å². The third kappa shape index (κ3) is 2.69. The Morgan fingerprint density at radius 1 is 1.32 bits per heavy atom. The molecule has 0 spiro atoms. The molecule has 1 aliphatic heterocycles. The summed E-state index contributed by atoms with van der Waals surface area (Å²) in [5, 5.41) is 4.73. The van der Waals surface area contributed by atoms with Crippen LogP contribution in [0.2, 0.25) is 5.15 Å². The second kappa shape index (κ2) is 5.13. The number of alkyl halides is 3. The Morgan fingerprint density at radius 2 is 2.09 bits per heavy atom. The summed E-state index contributed by atoms with van der Waals surface area (Å²) < 4.78 is 37.8. The number of carbonyl (C=O) groups is 1. The molecule has 9 heteroatoms. The van der Waals surface area contributed by atoms with Crippen LogP contribution in [-0.4, -0.2) is 15.9 Å². The van der Waals surface area contributed by atoms with Gasteiger partial charge in [0.05, 0.1) is 17.8 Å². The maximum absolute atomic E-state index is 12.6. The van der Waals surface area contributed by atoms with Crippen LogP contribution in [0.5, 0.6) is 0 Å². The van der Waals surface area contributed by atoms with Gasteiger partial charge in [0, 0.05) is 6.20 Å². The molecule has 1 aliphatic rings. The molecule has 0 atom stereocenters. The molecule has 22 heavy (non-hydrogen) atoms. The Labute approximate surface area is 127 Å². The number of halogens is 4. The highest BCUT2D eigenvalue weighted by Crippen LogP contribution is 2.35. The van der Waals surface area contributed by atoms with Gasteiger partial charge in [0.2, 0.25) is 11.9 Å². The SMILES string of the molecule is O=C1Cc2cccc(Nc3ncc(C(F)(F)F)c(Cl)n3)c2N1. The van der Waals surface area contributed by atoms with Gasteiger partial charge in [-0.3, -0.25) is 4.79 Å². The molecular weight excluding hydrogens is 321 g/mol. The third-order valence-corrected chi connectivity index (χ3v) is 3.35. The number of amides is 1. The molecule has 5 nitrogen and oxygen atoms in total. The molecular formula is C13H8ClF3N4O. The van der Waals surface area contributed by atoms with E-state index in [0.717, 1.165) is 5.56 Å². The van der Waals surface area contributed by atoms with E-state index in [0.29, 0.717) is 17.6 Å². The molecule has 0 saturated carbocycles. The van der Waals surface area contributed by atoms with Gasteiger partial charge in [0.1, 0.15) is 10.7 Å². The Balaban J connectivity index is 1.91. The molecule has 1 amide bonds. The van der Waals surface area contributed by atoms with Crippen LogP contribution in [0.3, 0.4) is 0 Å². The Hall–Kier alpha value is -2.35. The summed E-state index contributed by atoms with van der Waals surface area (Å²) in [4.78, 5) is 18.6. The summed E-state index contributed by atoms with van der Waals surface area (Å²) >= 11 is 5.54. The van der Waals surface area contributed by atoms with Gasteiger partial charge >= 0.3 is 6.18 Å². The summed E-state index contributed by atoms with van der Waals surface area (Å²) in [6.45, 7) is 0. The minimum absolute atomic E-state index is 0.0902. The number of rotatable bonds is 2. The smallest absolute Gasteiger partial charge is 0.324 e. The fraction of sp³-hybridized carbons (Fsp3) is 0.154. The first kappa shape index (κ1) is 14.6. The quantitative estimate of drug-likeness (QED) is 0.829. The summed E-state index contributed by atoms with van der Waals surface area (Å²) in [5.74, 6) is -0.247. The second-order valence-electron chi connectivity index (χ2n) is 4.59. The van der Waals surface area contributed by atoms with Gasteiger partial charge in [-0.1, -0.05) is 23.7 Å². The number of hydrogen-bond acceptors (Lipinski definition) is 4. The number of para-hydroxylation sites is 1. The standard InChI is InChI=1S/C13H8ClF3N4O/c14-11-7(13(15,16)17)5-18-12(21-11)19-8-3-1-2-6-4-9(22)20-10(6)8/h1-3,5H,4H2,(H,20,22)(H,18,19,21). The summed E-state index contributed by atoms with van der Waals surface area (Å²) in [6.07, 6.45) is -3.75. The first-order chi connectivity index (χ1) is 10.3. The molecule has 114 valence electrons. The highest BCUT2D eigenvalue weighted by Gasteiger charge is 2.34. The van der Waals surface area contributed by atoms with Crippen molar-refractivity contribution in [3.63, 3.8) is 0 Å². The number of nitrogens with zero attached hydrogens (tertiary/aromatic N) is 2. The number of hydrogen-bond donors (Lipinski definition) is 2. The van der Waals surface area contributed by atoms with Crippen molar-refractivity contribution in [3.05, 3.63) is 40.7 Å². The molecule has 0 bridgehead atoms. The van der Waals surface area contributed by atoms with Crippen molar-refractivity contribution in [1.29, 1.82) is 0 Å². The molecule has 0 unspecified atom stereocenters. The molecule has 0 radical (unpaired) electrons. The molecule has 2 heterocycles. The van der Waals surface area contributed by atoms with Crippen LogP contribution in [0.1, 0.15) is 11.1 Å². The van der Waals surface area contributed by atoms with Gasteiger partial charge in [-0.25, -0.2) is 9.97 Å². The van der Waals surface area contributed by atoms with E-state index in [9.17, 15) is 18.0 Å². The normalized spacial score (nSPS) is 13.7. The lowest BCUT2D eigenvalue weighted by Crippen LogP contribution is -2.10. The molecule has 2 N–H and O–H groups in total. The van der Waals surface area contributed by atoms with Crippen molar-refractivity contribution >= 4 is 34.8 Å². The third-order valence-electron chi connectivity index (χ3n) is 3.06. The van der Waals surface area contributed by atoms with Crippen molar-refractivity contribution in [2.45, 2.75) is 12.6 Å². The van der Waals surface area contributed by atoms with E-state index in [1.54, 1.807) is 18.2 Å². The van der Waals surface area contributed by atoms with Gasteiger partial charge in [-0.05, 0) is 11.6 Å². The number of nitrogens with one attached hydrogen (secondary N) is 2. The zero-order valence-corrected chi connectivity index (χ0v) is 11.6. The van der Waals surface area contributed by atoms with Gasteiger partial charge in [0.25, 0.3) is 0 Å². The minimum atomic E-state index is -4.61. The molecule has 0 fully saturated rings. The van der Waals surface area contributed by atoms with E-state index >= 15 is 0 Å². The number of benzene rings is 1. The number of fused-ring (bicyclic) bond motifs is 1. The first-order valence-corrected chi connectivity index (χ1v) is 6.51. The number of aromatic nitrogens is 2. The zero-order chi connectivity index (χ0) is 15.9. The molecule has 1 aromatic carbocycles. The Morgan fingerprint density at radius 3 is 2.77 bits per heavy atom. The molecule has 3 rings (SSSR count). The average molecular weight is 329 g/mol. The largest absolute Gasteiger partial charge is 0.420 e. The lowest BCUT2D eigenvalue weighted by atomic mass is 10.1. The molecule has 2 aromatic rings. The van der Waals surface area contributed by atoms with Crippen molar-refractivity contribution in [2.24, 2.45) is 0 Å². The van der Waals surface area contributed by atoms with E-state index in [1.807, 2.05) is 0 Å². The monoisotopic (exact) mass is 328 g/mol. The minimum Gasteiger partial charge on any atom is -0.324 e. The van der Waals surface area contributed by atoms with Crippen LogP contribution in [0.25, 0.3) is 0 Å². The van der Waals surface area contributed by atoms with Crippen molar-refractivity contribution in [1.82, 2.24) is 9.97 Å². The summed E-state index contributed by atoms with van der Waals surface area (Å²) in [6, 6.07) is 5.14. The zero-order valence-electron chi connectivity index (χ0n) is 10.8. The predicted molar refractivity (Wildman–Crippen MR) is 74.1 cm³/mol. The van der Waals surface area contributed by atoms with Gasteiger partial charge in [-0.15, -0.1) is 0 Å².